The smallest absolute Gasteiger partial charge is 0.250 e. The van der Waals surface area contributed by atoms with Crippen LogP contribution in [0.5, 0.6) is 0 Å². The van der Waals surface area contributed by atoms with E-state index in [1.807, 2.05) is 19.9 Å². The van der Waals surface area contributed by atoms with Crippen LogP contribution in [-0.4, -0.2) is 19.0 Å². The van der Waals surface area contributed by atoms with Crippen molar-refractivity contribution in [3.8, 4) is 0 Å². The Morgan fingerprint density at radius 3 is 2.22 bits per heavy atom. The molecule has 0 spiro atoms. The Hall–Kier alpha value is -0.543. The second-order valence-corrected chi connectivity index (χ2v) is 12.1. The second-order valence-electron chi connectivity index (χ2n) is 7.39. The van der Waals surface area contributed by atoms with E-state index in [-0.39, 0.29) is 5.04 Å². The first kappa shape index (κ1) is 15.5. The number of aliphatic hydroxyl groups is 1. The molecule has 0 saturated heterocycles. The summed E-state index contributed by atoms with van der Waals surface area (Å²) in [5.74, 6) is 0.927. The molecule has 0 saturated carbocycles. The summed E-state index contributed by atoms with van der Waals surface area (Å²) in [5.41, 5.74) is -1.28. The molecule has 0 radical (unpaired) electrons. The van der Waals surface area contributed by atoms with Crippen LogP contribution < -0.4 is 0 Å². The maximum atomic E-state index is 10.6. The van der Waals surface area contributed by atoms with E-state index in [1.54, 1.807) is 6.08 Å². The van der Waals surface area contributed by atoms with Crippen molar-refractivity contribution >= 4 is 8.32 Å². The first-order valence-electron chi connectivity index (χ1n) is 6.63. The topological polar surface area (TPSA) is 29.5 Å². The number of hydrogen-bond acceptors (Lipinski definition) is 2. The molecule has 0 aromatic carbocycles. The van der Waals surface area contributed by atoms with Crippen molar-refractivity contribution in [2.75, 3.05) is 0 Å². The second kappa shape index (κ2) is 4.24. The highest BCUT2D eigenvalue weighted by Gasteiger charge is 2.51. The van der Waals surface area contributed by atoms with Crippen LogP contribution in [0.4, 0.5) is 0 Å². The van der Waals surface area contributed by atoms with Crippen LogP contribution in [0.3, 0.4) is 0 Å². The van der Waals surface area contributed by atoms with Gasteiger partial charge < -0.3 is 9.53 Å². The Labute approximate surface area is 113 Å². The zero-order valence-corrected chi connectivity index (χ0v) is 13.9. The Morgan fingerprint density at radius 1 is 1.39 bits per heavy atom. The lowest BCUT2D eigenvalue weighted by Crippen LogP contribution is -2.45. The van der Waals surface area contributed by atoms with Crippen LogP contribution in [0.2, 0.25) is 18.1 Å². The van der Waals surface area contributed by atoms with Crippen LogP contribution in [-0.2, 0) is 4.43 Å². The predicted molar refractivity (Wildman–Crippen MR) is 79.9 cm³/mol. The molecule has 1 rings (SSSR count). The highest BCUT2D eigenvalue weighted by molar-refractivity contribution is 6.74. The van der Waals surface area contributed by atoms with Crippen molar-refractivity contribution in [1.29, 1.82) is 0 Å². The van der Waals surface area contributed by atoms with Gasteiger partial charge in [-0.05, 0) is 38.1 Å². The molecule has 0 fully saturated rings. The minimum Gasteiger partial charge on any atom is -0.546 e. The standard InChI is InChI=1S/C15H28O2Si/c1-9-15(16)11-10-12(14(15,5)6)17-18(7,8)13(2,3)4/h9-10,16H,1,11H2,2-8H3. The first-order valence-corrected chi connectivity index (χ1v) is 9.54. The summed E-state index contributed by atoms with van der Waals surface area (Å²) >= 11 is 0. The van der Waals surface area contributed by atoms with Crippen LogP contribution in [0, 0.1) is 5.41 Å². The van der Waals surface area contributed by atoms with Gasteiger partial charge in [0.25, 0.3) is 0 Å². The molecule has 1 N–H and O–H groups in total. The van der Waals surface area contributed by atoms with Crippen LogP contribution >= 0.6 is 0 Å². The van der Waals surface area contributed by atoms with Gasteiger partial charge >= 0.3 is 0 Å². The Bertz CT molecular complexity index is 374. The molecule has 0 aliphatic heterocycles. The van der Waals surface area contributed by atoms with Gasteiger partial charge in [0.2, 0.25) is 8.32 Å². The Morgan fingerprint density at radius 2 is 1.89 bits per heavy atom. The van der Waals surface area contributed by atoms with Gasteiger partial charge in [0.1, 0.15) is 0 Å². The molecule has 0 aromatic heterocycles. The SMILES string of the molecule is C=CC1(O)CC=C(O[Si](C)(C)C(C)(C)C)C1(C)C. The van der Waals surface area contributed by atoms with Crippen molar-refractivity contribution in [1.82, 2.24) is 0 Å². The lowest BCUT2D eigenvalue weighted by atomic mass is 9.77. The van der Waals surface area contributed by atoms with Gasteiger partial charge in [-0.3, -0.25) is 0 Å². The molecule has 0 heterocycles. The molecular weight excluding hydrogens is 240 g/mol. The average molecular weight is 268 g/mol. The Kier molecular flexibility index (Phi) is 3.65. The highest BCUT2D eigenvalue weighted by atomic mass is 28.4. The Balaban J connectivity index is 2.99. The summed E-state index contributed by atoms with van der Waals surface area (Å²) in [5, 5.41) is 10.7. The molecule has 0 aromatic rings. The monoisotopic (exact) mass is 268 g/mol. The zero-order valence-electron chi connectivity index (χ0n) is 12.9. The molecule has 1 aliphatic carbocycles. The lowest BCUT2D eigenvalue weighted by Gasteiger charge is -2.42. The van der Waals surface area contributed by atoms with E-state index in [4.69, 9.17) is 4.43 Å². The van der Waals surface area contributed by atoms with Crippen LogP contribution in [0.25, 0.3) is 0 Å². The lowest BCUT2D eigenvalue weighted by molar-refractivity contribution is -0.00278. The van der Waals surface area contributed by atoms with Crippen molar-refractivity contribution < 1.29 is 9.53 Å². The van der Waals surface area contributed by atoms with E-state index in [1.165, 1.54) is 0 Å². The maximum absolute atomic E-state index is 10.6. The summed E-state index contributed by atoms with van der Waals surface area (Å²) in [4.78, 5) is 0. The van der Waals surface area contributed by atoms with E-state index in [9.17, 15) is 5.11 Å². The molecule has 2 nitrogen and oxygen atoms in total. The van der Waals surface area contributed by atoms with Crippen LogP contribution in [0.15, 0.2) is 24.5 Å². The van der Waals surface area contributed by atoms with E-state index in [2.05, 4.69) is 40.4 Å². The van der Waals surface area contributed by atoms with Crippen molar-refractivity contribution in [2.24, 2.45) is 5.41 Å². The molecule has 0 amide bonds. The molecular formula is C15H28O2Si. The highest BCUT2D eigenvalue weighted by Crippen LogP contribution is 2.50. The van der Waals surface area contributed by atoms with Gasteiger partial charge in [0.05, 0.1) is 16.8 Å². The molecule has 0 bridgehead atoms. The molecule has 104 valence electrons. The van der Waals surface area contributed by atoms with E-state index in [0.717, 1.165) is 5.76 Å². The third-order valence-electron chi connectivity index (χ3n) is 4.81. The summed E-state index contributed by atoms with van der Waals surface area (Å²) in [6.45, 7) is 19.0. The normalized spacial score (nSPS) is 27.9. The molecule has 3 heteroatoms. The van der Waals surface area contributed by atoms with Crippen LogP contribution in [0.1, 0.15) is 41.0 Å². The van der Waals surface area contributed by atoms with Gasteiger partial charge in [-0.25, -0.2) is 0 Å². The molecule has 1 unspecified atom stereocenters. The van der Waals surface area contributed by atoms with Crippen molar-refractivity contribution in [3.05, 3.63) is 24.5 Å². The van der Waals surface area contributed by atoms with Gasteiger partial charge in [0, 0.05) is 6.42 Å². The summed E-state index contributed by atoms with van der Waals surface area (Å²) in [6.07, 6.45) is 4.27. The predicted octanol–water partition coefficient (Wildman–Crippen LogP) is 4.24. The third-order valence-corrected chi connectivity index (χ3v) is 9.15. The zero-order chi connectivity index (χ0) is 14.4. The molecule has 1 atom stereocenters. The fraction of sp³-hybridized carbons (Fsp3) is 0.733. The van der Waals surface area contributed by atoms with Crippen molar-refractivity contribution in [2.45, 2.75) is 64.8 Å². The quantitative estimate of drug-likeness (QED) is 0.613. The largest absolute Gasteiger partial charge is 0.546 e. The molecule has 18 heavy (non-hydrogen) atoms. The van der Waals surface area contributed by atoms with Gasteiger partial charge in [-0.15, -0.1) is 6.58 Å². The number of rotatable bonds is 3. The van der Waals surface area contributed by atoms with Gasteiger partial charge in [-0.2, -0.15) is 0 Å². The third kappa shape index (κ3) is 2.30. The van der Waals surface area contributed by atoms with Gasteiger partial charge in [-0.1, -0.05) is 26.8 Å². The fourth-order valence-corrected chi connectivity index (χ4v) is 3.10. The fourth-order valence-electron chi connectivity index (χ4n) is 1.91. The van der Waals surface area contributed by atoms with E-state index < -0.39 is 19.3 Å². The maximum Gasteiger partial charge on any atom is 0.250 e. The van der Waals surface area contributed by atoms with E-state index >= 15 is 0 Å². The summed E-state index contributed by atoms with van der Waals surface area (Å²) in [7, 11) is -1.85. The first-order chi connectivity index (χ1) is 7.87. The minimum absolute atomic E-state index is 0.165. The van der Waals surface area contributed by atoms with Gasteiger partial charge in [0.15, 0.2) is 0 Å². The van der Waals surface area contributed by atoms with E-state index in [0.29, 0.717) is 6.42 Å². The van der Waals surface area contributed by atoms with Crippen molar-refractivity contribution in [3.63, 3.8) is 0 Å². The summed E-state index contributed by atoms with van der Waals surface area (Å²) in [6, 6.07) is 0. The molecule has 1 aliphatic rings. The minimum atomic E-state index is -1.85. The summed E-state index contributed by atoms with van der Waals surface area (Å²) < 4.78 is 6.37. The average Bonchev–Trinajstić information content (AvgIpc) is 2.40. The number of hydrogen-bond donors (Lipinski definition) is 1.